The van der Waals surface area contributed by atoms with Gasteiger partial charge in [-0.15, -0.1) is 22.6 Å². The van der Waals surface area contributed by atoms with Gasteiger partial charge in [-0.05, 0) is 19.3 Å². The van der Waals surface area contributed by atoms with Crippen LogP contribution in [-0.4, -0.2) is 22.1 Å². The normalized spacial score (nSPS) is 22.9. The second-order valence-corrected chi connectivity index (χ2v) is 5.15. The van der Waals surface area contributed by atoms with Crippen LogP contribution >= 0.6 is 23.7 Å². The maximum Gasteiger partial charge on any atom is 0.445 e. The zero-order chi connectivity index (χ0) is 13.3. The average molecular weight is 317 g/mol. The van der Waals surface area contributed by atoms with Gasteiger partial charge >= 0.3 is 6.18 Å². The maximum absolute atomic E-state index is 12.3. The number of halogens is 4. The number of rotatable bonds is 2. The van der Waals surface area contributed by atoms with Crippen LogP contribution in [0.3, 0.4) is 0 Å². The molecule has 2 rings (SSSR count). The zero-order valence-electron chi connectivity index (χ0n) is 9.61. The lowest BCUT2D eigenvalue weighted by Gasteiger charge is -2.07. The molecule has 1 aliphatic rings. The van der Waals surface area contributed by atoms with E-state index in [0.29, 0.717) is 24.2 Å². The average Bonchev–Trinajstić information content (AvgIpc) is 2.85. The van der Waals surface area contributed by atoms with Crippen LogP contribution < -0.4 is 11.1 Å². The second kappa shape index (κ2) is 6.02. The summed E-state index contributed by atoms with van der Waals surface area (Å²) < 4.78 is 36.8. The number of carbonyl (C=O) groups is 1. The van der Waals surface area contributed by atoms with E-state index in [2.05, 4.69) is 15.5 Å². The van der Waals surface area contributed by atoms with E-state index in [1.165, 1.54) is 0 Å². The van der Waals surface area contributed by atoms with E-state index in [1.54, 1.807) is 0 Å². The summed E-state index contributed by atoms with van der Waals surface area (Å²) in [5.41, 5.74) is 5.66. The van der Waals surface area contributed by atoms with Crippen molar-refractivity contribution in [2.45, 2.75) is 31.5 Å². The van der Waals surface area contributed by atoms with Gasteiger partial charge in [0.2, 0.25) is 16.0 Å². The molecular weight excluding hydrogens is 305 g/mol. The van der Waals surface area contributed by atoms with E-state index < -0.39 is 11.2 Å². The summed E-state index contributed by atoms with van der Waals surface area (Å²) in [6.07, 6.45) is -2.58. The van der Waals surface area contributed by atoms with Crippen molar-refractivity contribution in [3.05, 3.63) is 5.01 Å². The smallest absolute Gasteiger partial charge is 0.328 e. The molecule has 108 valence electrons. The maximum atomic E-state index is 12.3. The highest BCUT2D eigenvalue weighted by atomic mass is 35.5. The molecule has 0 aromatic carbocycles. The van der Waals surface area contributed by atoms with E-state index in [0.717, 1.165) is 6.42 Å². The molecule has 10 heteroatoms. The Morgan fingerprint density at radius 1 is 1.37 bits per heavy atom. The van der Waals surface area contributed by atoms with Gasteiger partial charge in [0, 0.05) is 12.0 Å². The molecule has 1 saturated carbocycles. The van der Waals surface area contributed by atoms with Crippen LogP contribution in [0.1, 0.15) is 24.3 Å². The minimum absolute atomic E-state index is 0. The highest BCUT2D eigenvalue weighted by molar-refractivity contribution is 7.15. The third-order valence-corrected chi connectivity index (χ3v) is 3.63. The summed E-state index contributed by atoms with van der Waals surface area (Å²) in [4.78, 5) is 11.7. The largest absolute Gasteiger partial charge is 0.445 e. The van der Waals surface area contributed by atoms with E-state index in [9.17, 15) is 18.0 Å². The second-order valence-electron chi connectivity index (χ2n) is 4.17. The fraction of sp³-hybridized carbons (Fsp3) is 0.667. The molecule has 0 saturated heterocycles. The first-order valence-electron chi connectivity index (χ1n) is 5.33. The number of nitrogens with one attached hydrogen (secondary N) is 1. The lowest BCUT2D eigenvalue weighted by atomic mass is 10.1. The van der Waals surface area contributed by atoms with Crippen LogP contribution in [0.5, 0.6) is 0 Å². The van der Waals surface area contributed by atoms with E-state index in [-0.39, 0.29) is 35.4 Å². The Balaban J connectivity index is 0.00000180. The van der Waals surface area contributed by atoms with Gasteiger partial charge in [0.15, 0.2) is 0 Å². The van der Waals surface area contributed by atoms with Gasteiger partial charge in [-0.2, -0.15) is 13.2 Å². The van der Waals surface area contributed by atoms with Crippen molar-refractivity contribution in [2.24, 2.45) is 11.7 Å². The number of amides is 1. The molecule has 3 N–H and O–H groups in total. The van der Waals surface area contributed by atoms with Gasteiger partial charge in [-0.25, -0.2) is 0 Å². The van der Waals surface area contributed by atoms with Crippen LogP contribution in [0.4, 0.5) is 18.3 Å². The van der Waals surface area contributed by atoms with Crippen LogP contribution in [0.25, 0.3) is 0 Å². The van der Waals surface area contributed by atoms with Gasteiger partial charge in [0.25, 0.3) is 0 Å². The molecule has 1 fully saturated rings. The zero-order valence-corrected chi connectivity index (χ0v) is 11.2. The molecule has 1 amide bonds. The minimum Gasteiger partial charge on any atom is -0.328 e. The summed E-state index contributed by atoms with van der Waals surface area (Å²) in [5.74, 6) is -0.592. The first kappa shape index (κ1) is 16.1. The molecule has 1 aromatic rings. The molecular formula is C9H12ClF3N4OS. The van der Waals surface area contributed by atoms with Crippen molar-refractivity contribution in [2.75, 3.05) is 5.32 Å². The van der Waals surface area contributed by atoms with Gasteiger partial charge in [0.1, 0.15) is 0 Å². The number of hydrogen-bond donors (Lipinski definition) is 2. The van der Waals surface area contributed by atoms with Gasteiger partial charge < -0.3 is 11.1 Å². The number of nitrogens with two attached hydrogens (primary N) is 1. The van der Waals surface area contributed by atoms with Crippen LogP contribution in [0, 0.1) is 5.92 Å². The molecule has 0 spiro atoms. The Labute approximate surface area is 117 Å². The predicted octanol–water partition coefficient (Wildman–Crippen LogP) is 2.04. The molecule has 0 radical (unpaired) electrons. The third-order valence-electron chi connectivity index (χ3n) is 2.74. The van der Waals surface area contributed by atoms with Crippen molar-refractivity contribution in [3.8, 4) is 0 Å². The SMILES string of the molecule is Cl.NC1CCC(C(=O)Nc2nnc(C(F)(F)F)s2)C1. The topological polar surface area (TPSA) is 80.9 Å². The van der Waals surface area contributed by atoms with Gasteiger partial charge in [0.05, 0.1) is 0 Å². The molecule has 0 aliphatic heterocycles. The Hall–Kier alpha value is -0.930. The molecule has 5 nitrogen and oxygen atoms in total. The number of anilines is 1. The summed E-state index contributed by atoms with van der Waals surface area (Å²) in [6, 6.07) is -0.0130. The lowest BCUT2D eigenvalue weighted by molar-refractivity contribution is -0.138. The minimum atomic E-state index is -4.53. The molecule has 2 atom stereocenters. The number of hydrogen-bond acceptors (Lipinski definition) is 5. The summed E-state index contributed by atoms with van der Waals surface area (Å²) in [5, 5.41) is 7.43. The molecule has 19 heavy (non-hydrogen) atoms. The molecule has 2 unspecified atom stereocenters. The Bertz CT molecular complexity index is 453. The third kappa shape index (κ3) is 4.02. The van der Waals surface area contributed by atoms with Crippen molar-refractivity contribution in [1.29, 1.82) is 0 Å². The van der Waals surface area contributed by atoms with E-state index >= 15 is 0 Å². The molecule has 1 aromatic heterocycles. The monoisotopic (exact) mass is 316 g/mol. The molecule has 1 heterocycles. The fourth-order valence-electron chi connectivity index (χ4n) is 1.85. The first-order chi connectivity index (χ1) is 8.36. The molecule has 0 bridgehead atoms. The van der Waals surface area contributed by atoms with Crippen LogP contribution in [-0.2, 0) is 11.0 Å². The van der Waals surface area contributed by atoms with Crippen molar-refractivity contribution >= 4 is 34.8 Å². The Morgan fingerprint density at radius 2 is 2.05 bits per heavy atom. The predicted molar refractivity (Wildman–Crippen MR) is 66.1 cm³/mol. The fourth-order valence-corrected chi connectivity index (χ4v) is 2.46. The van der Waals surface area contributed by atoms with Crippen molar-refractivity contribution in [3.63, 3.8) is 0 Å². The standard InChI is InChI=1S/C9H11F3N4OS.ClH/c10-9(11,12)7-15-16-8(18-7)14-6(17)4-1-2-5(13)3-4;/h4-5H,1-3,13H2,(H,14,16,17);1H. The highest BCUT2D eigenvalue weighted by Gasteiger charge is 2.36. The van der Waals surface area contributed by atoms with E-state index in [1.807, 2.05) is 0 Å². The van der Waals surface area contributed by atoms with E-state index in [4.69, 9.17) is 5.73 Å². The highest BCUT2D eigenvalue weighted by Crippen LogP contribution is 2.33. The first-order valence-corrected chi connectivity index (χ1v) is 6.15. The number of alkyl halides is 3. The number of aromatic nitrogens is 2. The summed E-state index contributed by atoms with van der Waals surface area (Å²) in [6.45, 7) is 0. The molecule has 1 aliphatic carbocycles. The Morgan fingerprint density at radius 3 is 2.53 bits per heavy atom. The van der Waals surface area contributed by atoms with Crippen LogP contribution in [0.2, 0.25) is 0 Å². The van der Waals surface area contributed by atoms with Gasteiger partial charge in [-0.1, -0.05) is 11.3 Å². The number of carbonyl (C=O) groups excluding carboxylic acids is 1. The van der Waals surface area contributed by atoms with Crippen molar-refractivity contribution in [1.82, 2.24) is 10.2 Å². The van der Waals surface area contributed by atoms with Crippen molar-refractivity contribution < 1.29 is 18.0 Å². The lowest BCUT2D eigenvalue weighted by Crippen LogP contribution is -2.23. The summed E-state index contributed by atoms with van der Waals surface area (Å²) >= 11 is 0.317. The number of nitrogens with zero attached hydrogens (tertiary/aromatic N) is 2. The van der Waals surface area contributed by atoms with Crippen LogP contribution in [0.15, 0.2) is 0 Å². The quantitative estimate of drug-likeness (QED) is 0.875. The Kier molecular flexibility index (Phi) is 5.11. The van der Waals surface area contributed by atoms with Gasteiger partial charge in [-0.3, -0.25) is 4.79 Å². The summed E-state index contributed by atoms with van der Waals surface area (Å²) in [7, 11) is 0.